The number of ether oxygens (including phenoxy) is 1. The van der Waals surface area contributed by atoms with E-state index in [2.05, 4.69) is 4.74 Å². The van der Waals surface area contributed by atoms with E-state index in [0.717, 1.165) is 13.2 Å². The molecule has 0 radical (unpaired) electrons. The van der Waals surface area contributed by atoms with Crippen LogP contribution in [0.3, 0.4) is 0 Å². The number of rotatable bonds is 2. The highest BCUT2D eigenvalue weighted by Crippen LogP contribution is 2.34. The van der Waals surface area contributed by atoms with Crippen molar-refractivity contribution < 1.29 is 27.8 Å². The number of nitrogens with zero attached hydrogens (tertiary/aromatic N) is 1. The number of carbonyl (C=O) groups excluding carboxylic acids is 1. The van der Waals surface area contributed by atoms with Gasteiger partial charge >= 0.3 is 12.1 Å². The summed E-state index contributed by atoms with van der Waals surface area (Å²) in [6, 6.07) is 3.05. The van der Waals surface area contributed by atoms with E-state index in [4.69, 9.17) is 10.4 Å². The first-order valence-electron chi connectivity index (χ1n) is 4.68. The third-order valence-electron chi connectivity index (χ3n) is 2.25. The summed E-state index contributed by atoms with van der Waals surface area (Å²) in [7, 11) is 0.996. The van der Waals surface area contributed by atoms with Gasteiger partial charge in [0.15, 0.2) is 0 Å². The van der Waals surface area contributed by atoms with Gasteiger partial charge in [-0.05, 0) is 12.1 Å². The molecule has 4 nitrogen and oxygen atoms in total. The fourth-order valence-electron chi connectivity index (χ4n) is 1.45. The number of aliphatic hydroxyl groups excluding tert-OH is 1. The quantitative estimate of drug-likeness (QED) is 0.823. The topological polar surface area (TPSA) is 70.3 Å². The van der Waals surface area contributed by atoms with Crippen LogP contribution in [0.1, 0.15) is 27.0 Å². The van der Waals surface area contributed by atoms with E-state index in [1.807, 2.05) is 0 Å². The van der Waals surface area contributed by atoms with Crippen molar-refractivity contribution in [1.82, 2.24) is 0 Å². The van der Waals surface area contributed by atoms with Crippen LogP contribution in [0.15, 0.2) is 12.1 Å². The lowest BCUT2D eigenvalue weighted by Gasteiger charge is -2.14. The second-order valence-electron chi connectivity index (χ2n) is 3.31. The molecular formula is C11H8F3NO3. The fourth-order valence-corrected chi connectivity index (χ4v) is 1.45. The number of benzene rings is 1. The molecule has 0 bridgehead atoms. The van der Waals surface area contributed by atoms with Gasteiger partial charge in [0.2, 0.25) is 0 Å². The molecular weight excluding hydrogens is 251 g/mol. The van der Waals surface area contributed by atoms with E-state index in [1.165, 1.54) is 6.07 Å². The van der Waals surface area contributed by atoms with E-state index in [0.29, 0.717) is 6.07 Å². The van der Waals surface area contributed by atoms with Gasteiger partial charge in [0, 0.05) is 5.56 Å². The molecule has 0 aliphatic heterocycles. The van der Waals surface area contributed by atoms with Crippen molar-refractivity contribution in [2.24, 2.45) is 0 Å². The normalized spacial score (nSPS) is 10.9. The largest absolute Gasteiger partial charge is 0.465 e. The number of esters is 1. The number of nitriles is 1. The van der Waals surface area contributed by atoms with Gasteiger partial charge in [0.05, 0.1) is 36.5 Å². The van der Waals surface area contributed by atoms with Gasteiger partial charge in [-0.2, -0.15) is 18.4 Å². The molecule has 0 saturated heterocycles. The fraction of sp³-hybridized carbons (Fsp3) is 0.273. The molecule has 0 heterocycles. The molecule has 96 valence electrons. The van der Waals surface area contributed by atoms with Gasteiger partial charge in [-0.3, -0.25) is 0 Å². The zero-order valence-corrected chi connectivity index (χ0v) is 9.21. The zero-order valence-electron chi connectivity index (χ0n) is 9.21. The third kappa shape index (κ3) is 2.60. The first-order chi connectivity index (χ1) is 8.35. The molecule has 0 spiro atoms. The van der Waals surface area contributed by atoms with Gasteiger partial charge in [0.1, 0.15) is 0 Å². The molecule has 0 aromatic heterocycles. The molecule has 1 rings (SSSR count). The summed E-state index contributed by atoms with van der Waals surface area (Å²) in [5.74, 6) is -1.04. The molecule has 1 aromatic rings. The Labute approximate surface area is 100 Å². The molecule has 18 heavy (non-hydrogen) atoms. The van der Waals surface area contributed by atoms with Crippen LogP contribution in [0.2, 0.25) is 0 Å². The van der Waals surface area contributed by atoms with E-state index >= 15 is 0 Å². The number of methoxy groups -OCH3 is 1. The first-order valence-corrected chi connectivity index (χ1v) is 4.68. The molecule has 0 amide bonds. The van der Waals surface area contributed by atoms with Crippen LogP contribution in [0.5, 0.6) is 0 Å². The van der Waals surface area contributed by atoms with Gasteiger partial charge in [-0.15, -0.1) is 0 Å². The summed E-state index contributed by atoms with van der Waals surface area (Å²) in [4.78, 5) is 11.3. The van der Waals surface area contributed by atoms with Crippen LogP contribution < -0.4 is 0 Å². The Hall–Kier alpha value is -2.07. The molecule has 0 saturated carbocycles. The van der Waals surface area contributed by atoms with Crippen LogP contribution in [0.25, 0.3) is 0 Å². The van der Waals surface area contributed by atoms with E-state index < -0.39 is 35.4 Å². The standard InChI is InChI=1S/C11H8F3NO3/c1-18-10(17)7-2-6(4-15)3-9(8(7)5-16)11(12,13)14/h2-3,16H,5H2,1H3. The van der Waals surface area contributed by atoms with Crippen molar-refractivity contribution in [3.63, 3.8) is 0 Å². The van der Waals surface area contributed by atoms with Crippen LogP contribution in [-0.4, -0.2) is 18.2 Å². The lowest BCUT2D eigenvalue weighted by Crippen LogP contribution is -2.15. The Morgan fingerprint density at radius 2 is 2.11 bits per heavy atom. The Bertz CT molecular complexity index is 517. The van der Waals surface area contributed by atoms with Crippen molar-refractivity contribution in [1.29, 1.82) is 5.26 Å². The minimum atomic E-state index is -4.77. The Morgan fingerprint density at radius 1 is 1.50 bits per heavy atom. The number of halogens is 3. The Morgan fingerprint density at radius 3 is 2.50 bits per heavy atom. The highest BCUT2D eigenvalue weighted by molar-refractivity contribution is 5.92. The molecule has 0 fully saturated rings. The van der Waals surface area contributed by atoms with Crippen molar-refractivity contribution in [3.8, 4) is 6.07 Å². The number of hydrogen-bond donors (Lipinski definition) is 1. The average Bonchev–Trinajstić information content (AvgIpc) is 2.34. The number of hydrogen-bond acceptors (Lipinski definition) is 4. The highest BCUT2D eigenvalue weighted by atomic mass is 19.4. The SMILES string of the molecule is COC(=O)c1cc(C#N)cc(C(F)(F)F)c1CO. The summed E-state index contributed by atoms with van der Waals surface area (Å²) in [6.45, 7) is -0.981. The minimum Gasteiger partial charge on any atom is -0.465 e. The van der Waals surface area contributed by atoms with Crippen molar-refractivity contribution >= 4 is 5.97 Å². The second-order valence-corrected chi connectivity index (χ2v) is 3.31. The highest BCUT2D eigenvalue weighted by Gasteiger charge is 2.35. The summed E-state index contributed by atoms with van der Waals surface area (Å²) in [5.41, 5.74) is -2.62. The van der Waals surface area contributed by atoms with Gasteiger partial charge < -0.3 is 9.84 Å². The maximum atomic E-state index is 12.7. The summed E-state index contributed by atoms with van der Waals surface area (Å²) in [6.07, 6.45) is -4.77. The third-order valence-corrected chi connectivity index (χ3v) is 2.25. The Balaban J connectivity index is 3.62. The molecule has 0 aliphatic carbocycles. The van der Waals surface area contributed by atoms with Crippen LogP contribution >= 0.6 is 0 Å². The first kappa shape index (κ1) is 14.0. The maximum absolute atomic E-state index is 12.7. The monoisotopic (exact) mass is 259 g/mol. The summed E-state index contributed by atoms with van der Waals surface area (Å²) < 4.78 is 42.5. The van der Waals surface area contributed by atoms with Crippen molar-refractivity contribution in [3.05, 3.63) is 34.4 Å². The number of aliphatic hydroxyl groups is 1. The minimum absolute atomic E-state index is 0.333. The summed E-state index contributed by atoms with van der Waals surface area (Å²) in [5, 5.41) is 17.6. The maximum Gasteiger partial charge on any atom is 0.416 e. The average molecular weight is 259 g/mol. The van der Waals surface area contributed by atoms with E-state index in [-0.39, 0.29) is 5.56 Å². The molecule has 1 N–H and O–H groups in total. The number of alkyl halides is 3. The van der Waals surface area contributed by atoms with Crippen molar-refractivity contribution in [2.45, 2.75) is 12.8 Å². The van der Waals surface area contributed by atoms with Crippen LogP contribution in [0.4, 0.5) is 13.2 Å². The van der Waals surface area contributed by atoms with E-state index in [1.54, 1.807) is 0 Å². The lowest BCUT2D eigenvalue weighted by atomic mass is 9.98. The number of carbonyl (C=O) groups is 1. The molecule has 0 atom stereocenters. The van der Waals surface area contributed by atoms with Crippen LogP contribution in [0, 0.1) is 11.3 Å². The molecule has 0 unspecified atom stereocenters. The molecule has 0 aliphatic rings. The van der Waals surface area contributed by atoms with Gasteiger partial charge in [-0.1, -0.05) is 0 Å². The molecule has 7 heteroatoms. The lowest BCUT2D eigenvalue weighted by molar-refractivity contribution is -0.138. The predicted molar refractivity (Wildman–Crippen MR) is 53.4 cm³/mol. The van der Waals surface area contributed by atoms with E-state index in [9.17, 15) is 18.0 Å². The van der Waals surface area contributed by atoms with Gasteiger partial charge in [0.25, 0.3) is 0 Å². The summed E-state index contributed by atoms with van der Waals surface area (Å²) >= 11 is 0. The van der Waals surface area contributed by atoms with Crippen LogP contribution in [-0.2, 0) is 17.5 Å². The predicted octanol–water partition coefficient (Wildman–Crippen LogP) is 1.86. The van der Waals surface area contributed by atoms with Crippen molar-refractivity contribution in [2.75, 3.05) is 7.11 Å². The smallest absolute Gasteiger partial charge is 0.416 e. The second kappa shape index (κ2) is 5.06. The molecule has 1 aromatic carbocycles. The van der Waals surface area contributed by atoms with Gasteiger partial charge in [-0.25, -0.2) is 4.79 Å². The Kier molecular flexibility index (Phi) is 3.93. The zero-order chi connectivity index (χ0) is 13.9.